The van der Waals surface area contributed by atoms with Gasteiger partial charge in [0.1, 0.15) is 11.5 Å². The number of carbonyl (C=O) groups is 1. The topological polar surface area (TPSA) is 66.9 Å². The third-order valence-electron chi connectivity index (χ3n) is 3.67. The van der Waals surface area contributed by atoms with Crippen molar-refractivity contribution in [3.63, 3.8) is 0 Å². The minimum Gasteiger partial charge on any atom is -0.366 e. The van der Waals surface area contributed by atoms with Crippen LogP contribution in [0.4, 0.5) is 11.5 Å². The maximum atomic E-state index is 12.1. The van der Waals surface area contributed by atoms with Crippen molar-refractivity contribution in [3.05, 3.63) is 47.4 Å². The molecule has 1 aliphatic rings. The van der Waals surface area contributed by atoms with Gasteiger partial charge in [0.25, 0.3) is 5.91 Å². The van der Waals surface area contributed by atoms with Gasteiger partial charge in [-0.15, -0.1) is 0 Å². The van der Waals surface area contributed by atoms with Crippen LogP contribution in [0.15, 0.2) is 36.7 Å². The van der Waals surface area contributed by atoms with E-state index in [-0.39, 0.29) is 11.6 Å². The monoisotopic (exact) mass is 316 g/mol. The fourth-order valence-electron chi connectivity index (χ4n) is 2.56. The molecule has 3 rings (SSSR count). The molecule has 6 heteroatoms. The second kappa shape index (κ2) is 6.75. The van der Waals surface area contributed by atoms with Crippen LogP contribution in [-0.4, -0.2) is 21.9 Å². The first-order valence-electron chi connectivity index (χ1n) is 7.36. The van der Waals surface area contributed by atoms with E-state index < -0.39 is 0 Å². The van der Waals surface area contributed by atoms with Crippen molar-refractivity contribution in [1.29, 1.82) is 0 Å². The number of hydrogen-bond donors (Lipinski definition) is 2. The molecule has 1 aromatic heterocycles. The minimum absolute atomic E-state index is 0.275. The molecule has 0 bridgehead atoms. The third-order valence-corrected chi connectivity index (χ3v) is 3.91. The number of aromatic nitrogens is 2. The number of anilines is 2. The number of hydrogen-bond acceptors (Lipinski definition) is 4. The highest BCUT2D eigenvalue weighted by molar-refractivity contribution is 6.30. The Morgan fingerprint density at radius 2 is 2.00 bits per heavy atom. The smallest absolute Gasteiger partial charge is 0.275 e. The molecule has 5 nitrogen and oxygen atoms in total. The van der Waals surface area contributed by atoms with E-state index in [1.165, 1.54) is 31.9 Å². The van der Waals surface area contributed by atoms with Crippen LogP contribution in [0.5, 0.6) is 0 Å². The zero-order chi connectivity index (χ0) is 15.4. The number of nitrogens with one attached hydrogen (secondary N) is 2. The number of amides is 1. The zero-order valence-corrected chi connectivity index (χ0v) is 12.8. The van der Waals surface area contributed by atoms with Crippen molar-refractivity contribution in [2.75, 3.05) is 10.6 Å². The van der Waals surface area contributed by atoms with E-state index in [1.54, 1.807) is 30.5 Å². The van der Waals surface area contributed by atoms with Crippen LogP contribution in [-0.2, 0) is 0 Å². The van der Waals surface area contributed by atoms with Crippen LogP contribution < -0.4 is 10.6 Å². The summed E-state index contributed by atoms with van der Waals surface area (Å²) < 4.78 is 0. The van der Waals surface area contributed by atoms with Gasteiger partial charge in [0.15, 0.2) is 0 Å². The molecule has 1 amide bonds. The predicted molar refractivity (Wildman–Crippen MR) is 87.3 cm³/mol. The Kier molecular flexibility index (Phi) is 4.53. The average Bonchev–Trinajstić information content (AvgIpc) is 3.01. The summed E-state index contributed by atoms with van der Waals surface area (Å²) in [7, 11) is 0. The quantitative estimate of drug-likeness (QED) is 0.901. The van der Waals surface area contributed by atoms with Crippen molar-refractivity contribution < 1.29 is 4.79 Å². The predicted octanol–water partition coefficient (Wildman–Crippen LogP) is 3.74. The zero-order valence-electron chi connectivity index (χ0n) is 12.1. The fourth-order valence-corrected chi connectivity index (χ4v) is 2.75. The molecular weight excluding hydrogens is 300 g/mol. The van der Waals surface area contributed by atoms with Crippen molar-refractivity contribution in [1.82, 2.24) is 9.97 Å². The molecule has 0 unspecified atom stereocenters. The van der Waals surface area contributed by atoms with Crippen LogP contribution in [0.3, 0.4) is 0 Å². The van der Waals surface area contributed by atoms with E-state index in [2.05, 4.69) is 20.6 Å². The van der Waals surface area contributed by atoms with Gasteiger partial charge in [-0.3, -0.25) is 4.79 Å². The largest absolute Gasteiger partial charge is 0.366 e. The average molecular weight is 317 g/mol. The molecule has 2 N–H and O–H groups in total. The van der Waals surface area contributed by atoms with Gasteiger partial charge in [-0.25, -0.2) is 9.97 Å². The first kappa shape index (κ1) is 14.8. The maximum Gasteiger partial charge on any atom is 0.275 e. The first-order chi connectivity index (χ1) is 10.7. The van der Waals surface area contributed by atoms with E-state index >= 15 is 0 Å². The normalized spacial score (nSPS) is 14.8. The van der Waals surface area contributed by atoms with Crippen molar-refractivity contribution >= 4 is 29.0 Å². The van der Waals surface area contributed by atoms with Crippen LogP contribution in [0, 0.1) is 0 Å². The lowest BCUT2D eigenvalue weighted by molar-refractivity contribution is 0.102. The molecule has 2 aromatic rings. The molecule has 0 atom stereocenters. The minimum atomic E-state index is -0.304. The van der Waals surface area contributed by atoms with Gasteiger partial charge in [0.2, 0.25) is 0 Å². The van der Waals surface area contributed by atoms with Crippen molar-refractivity contribution in [2.24, 2.45) is 0 Å². The summed E-state index contributed by atoms with van der Waals surface area (Å²) in [6, 6.07) is 7.45. The maximum absolute atomic E-state index is 12.1. The fraction of sp³-hybridized carbons (Fsp3) is 0.312. The summed E-state index contributed by atoms with van der Waals surface area (Å²) >= 11 is 5.89. The summed E-state index contributed by atoms with van der Waals surface area (Å²) in [4.78, 5) is 20.5. The molecule has 0 spiro atoms. The molecule has 114 valence electrons. The molecule has 1 aliphatic carbocycles. The number of benzene rings is 1. The molecule has 22 heavy (non-hydrogen) atoms. The Hall–Kier alpha value is -2.14. The van der Waals surface area contributed by atoms with Crippen LogP contribution in [0.1, 0.15) is 36.2 Å². The van der Waals surface area contributed by atoms with Gasteiger partial charge in [0, 0.05) is 16.8 Å². The summed E-state index contributed by atoms with van der Waals surface area (Å²) in [5.74, 6) is 0.411. The van der Waals surface area contributed by atoms with Gasteiger partial charge in [-0.05, 0) is 31.0 Å². The van der Waals surface area contributed by atoms with E-state index in [9.17, 15) is 4.79 Å². The molecule has 0 radical (unpaired) electrons. The van der Waals surface area contributed by atoms with E-state index in [0.717, 1.165) is 0 Å². The summed E-state index contributed by atoms with van der Waals surface area (Å²) in [5, 5.41) is 6.66. The standard InChI is InChI=1S/C16H17ClN4O/c17-11-4-3-7-13(8-11)21-16(22)14-9-19-15(10-18-14)20-12-5-1-2-6-12/h3-4,7-10,12H,1-2,5-6H2,(H,19,20)(H,21,22). The molecule has 0 aliphatic heterocycles. The van der Waals surface area contributed by atoms with Crippen LogP contribution >= 0.6 is 11.6 Å². The SMILES string of the molecule is O=C(Nc1cccc(Cl)c1)c1cnc(NC2CCCC2)cn1. The van der Waals surface area contributed by atoms with Gasteiger partial charge in [-0.2, -0.15) is 0 Å². The molecule has 0 saturated heterocycles. The third kappa shape index (κ3) is 3.74. The second-order valence-electron chi connectivity index (χ2n) is 5.38. The first-order valence-corrected chi connectivity index (χ1v) is 7.74. The van der Waals surface area contributed by atoms with Gasteiger partial charge >= 0.3 is 0 Å². The van der Waals surface area contributed by atoms with Crippen molar-refractivity contribution in [2.45, 2.75) is 31.7 Å². The lowest BCUT2D eigenvalue weighted by Crippen LogP contribution is -2.17. The highest BCUT2D eigenvalue weighted by Crippen LogP contribution is 2.21. The molecule has 1 saturated carbocycles. The second-order valence-corrected chi connectivity index (χ2v) is 5.81. The Morgan fingerprint density at radius 1 is 1.18 bits per heavy atom. The lowest BCUT2D eigenvalue weighted by Gasteiger charge is -2.12. The summed E-state index contributed by atoms with van der Waals surface area (Å²) in [5.41, 5.74) is 0.907. The highest BCUT2D eigenvalue weighted by atomic mass is 35.5. The molecule has 1 aromatic carbocycles. The van der Waals surface area contributed by atoms with Gasteiger partial charge < -0.3 is 10.6 Å². The van der Waals surface area contributed by atoms with E-state index in [1.807, 2.05) is 0 Å². The molecule has 1 heterocycles. The Bertz CT molecular complexity index is 653. The Labute approximate surface area is 134 Å². The summed E-state index contributed by atoms with van der Waals surface area (Å²) in [6.45, 7) is 0. The number of halogens is 1. The van der Waals surface area contributed by atoms with E-state index in [0.29, 0.717) is 22.6 Å². The summed E-state index contributed by atoms with van der Waals surface area (Å²) in [6.07, 6.45) is 7.93. The van der Waals surface area contributed by atoms with Crippen LogP contribution in [0.25, 0.3) is 0 Å². The molecular formula is C16H17ClN4O. The van der Waals surface area contributed by atoms with Gasteiger partial charge in [0.05, 0.1) is 12.4 Å². The van der Waals surface area contributed by atoms with Crippen molar-refractivity contribution in [3.8, 4) is 0 Å². The highest BCUT2D eigenvalue weighted by Gasteiger charge is 2.15. The number of carbonyl (C=O) groups excluding carboxylic acids is 1. The van der Waals surface area contributed by atoms with Crippen LogP contribution in [0.2, 0.25) is 5.02 Å². The number of rotatable bonds is 4. The number of nitrogens with zero attached hydrogens (tertiary/aromatic N) is 2. The molecule has 1 fully saturated rings. The Morgan fingerprint density at radius 3 is 2.68 bits per heavy atom. The van der Waals surface area contributed by atoms with Gasteiger partial charge in [-0.1, -0.05) is 30.5 Å². The Balaban J connectivity index is 1.63. The van der Waals surface area contributed by atoms with E-state index in [4.69, 9.17) is 11.6 Å². The lowest BCUT2D eigenvalue weighted by atomic mass is 10.2.